The van der Waals surface area contributed by atoms with Crippen LogP contribution in [0.5, 0.6) is 17.2 Å². The van der Waals surface area contributed by atoms with Gasteiger partial charge in [-0.25, -0.2) is 8.42 Å². The molecule has 0 spiro atoms. The van der Waals surface area contributed by atoms with Crippen LogP contribution in [0.2, 0.25) is 0 Å². The van der Waals surface area contributed by atoms with Crippen molar-refractivity contribution in [3.63, 3.8) is 0 Å². The number of sulfonamides is 1. The van der Waals surface area contributed by atoms with Gasteiger partial charge in [-0.1, -0.05) is 42.0 Å². The van der Waals surface area contributed by atoms with Gasteiger partial charge < -0.3 is 14.9 Å². The number of benzene rings is 4. The van der Waals surface area contributed by atoms with Crippen LogP contribution in [0.3, 0.4) is 0 Å². The van der Waals surface area contributed by atoms with Crippen LogP contribution in [-0.4, -0.2) is 25.7 Å². The molecule has 0 aliphatic rings. The Balaban J connectivity index is 1.96. The molecular weight excluding hydrogens is 438 g/mol. The summed E-state index contributed by atoms with van der Waals surface area (Å²) in [7, 11) is -2.41. The zero-order chi connectivity index (χ0) is 23.9. The highest BCUT2D eigenvalue weighted by Gasteiger charge is 2.24. The van der Waals surface area contributed by atoms with Gasteiger partial charge in [-0.3, -0.25) is 4.72 Å². The van der Waals surface area contributed by atoms with Crippen LogP contribution in [0.4, 0.5) is 5.69 Å². The van der Waals surface area contributed by atoms with E-state index in [0.29, 0.717) is 33.3 Å². The van der Waals surface area contributed by atoms with Crippen molar-refractivity contribution in [2.45, 2.75) is 25.7 Å². The molecule has 0 aromatic heterocycles. The Morgan fingerprint density at radius 2 is 1.52 bits per heavy atom. The minimum atomic E-state index is -3.87. The van der Waals surface area contributed by atoms with E-state index < -0.39 is 10.0 Å². The Kier molecular flexibility index (Phi) is 5.68. The molecule has 0 radical (unpaired) electrons. The Labute approximate surface area is 193 Å². The number of rotatable bonds is 5. The highest BCUT2D eigenvalue weighted by Crippen LogP contribution is 2.49. The van der Waals surface area contributed by atoms with Crippen LogP contribution in [0.1, 0.15) is 16.7 Å². The van der Waals surface area contributed by atoms with Crippen LogP contribution >= 0.6 is 0 Å². The minimum absolute atomic E-state index is 0.0421. The Hall–Kier alpha value is -3.71. The number of methoxy groups -OCH3 is 1. The largest absolute Gasteiger partial charge is 0.507 e. The maximum Gasteiger partial charge on any atom is 0.261 e. The van der Waals surface area contributed by atoms with Gasteiger partial charge in [-0.05, 0) is 66.9 Å². The van der Waals surface area contributed by atoms with E-state index in [2.05, 4.69) is 4.72 Å². The van der Waals surface area contributed by atoms with Gasteiger partial charge in [0.05, 0.1) is 17.7 Å². The summed E-state index contributed by atoms with van der Waals surface area (Å²) in [6.07, 6.45) is 0. The molecule has 3 N–H and O–H groups in total. The number of nitrogens with one attached hydrogen (secondary N) is 1. The van der Waals surface area contributed by atoms with Crippen molar-refractivity contribution < 1.29 is 23.4 Å². The molecule has 0 amide bonds. The second-order valence-corrected chi connectivity index (χ2v) is 9.71. The molecule has 0 saturated heterocycles. The normalized spacial score (nSPS) is 11.5. The fourth-order valence-electron chi connectivity index (χ4n) is 3.96. The van der Waals surface area contributed by atoms with Crippen molar-refractivity contribution in [3.05, 3.63) is 77.4 Å². The van der Waals surface area contributed by atoms with E-state index in [1.165, 1.54) is 7.11 Å². The lowest BCUT2D eigenvalue weighted by Crippen LogP contribution is -2.14. The number of hydrogen-bond acceptors (Lipinski definition) is 5. The number of anilines is 1. The third-order valence-corrected chi connectivity index (χ3v) is 7.16. The summed E-state index contributed by atoms with van der Waals surface area (Å²) in [6.45, 7) is 5.27. The molecule has 0 saturated carbocycles. The SMILES string of the molecule is COc1cc2ccccc2c(-c2c(C)c(NS(=O)(=O)c3ccc(C)cc3)cc(C)c2O)c1O. The van der Waals surface area contributed by atoms with Gasteiger partial charge in [0.25, 0.3) is 10.0 Å². The number of aromatic hydroxyl groups is 2. The third kappa shape index (κ3) is 3.96. The fourth-order valence-corrected chi connectivity index (χ4v) is 5.07. The molecule has 0 aliphatic heterocycles. The summed E-state index contributed by atoms with van der Waals surface area (Å²) in [5.41, 5.74) is 2.91. The maximum atomic E-state index is 13.0. The molecule has 0 atom stereocenters. The zero-order valence-corrected chi connectivity index (χ0v) is 19.6. The highest BCUT2D eigenvalue weighted by atomic mass is 32.2. The Morgan fingerprint density at radius 3 is 2.18 bits per heavy atom. The van der Waals surface area contributed by atoms with Crippen LogP contribution < -0.4 is 9.46 Å². The van der Waals surface area contributed by atoms with Crippen molar-refractivity contribution in [1.29, 1.82) is 0 Å². The molecule has 0 bridgehead atoms. The maximum absolute atomic E-state index is 13.0. The molecular formula is C26H25NO5S. The predicted molar refractivity (Wildman–Crippen MR) is 131 cm³/mol. The molecule has 0 fully saturated rings. The number of aryl methyl sites for hydroxylation is 2. The van der Waals surface area contributed by atoms with Crippen LogP contribution in [0.15, 0.2) is 65.6 Å². The number of phenolic OH excluding ortho intramolecular Hbond substituents is 2. The summed E-state index contributed by atoms with van der Waals surface area (Å²) in [5.74, 6) is 0.0813. The second-order valence-electron chi connectivity index (χ2n) is 8.03. The van der Waals surface area contributed by atoms with Crippen molar-refractivity contribution in [2.75, 3.05) is 11.8 Å². The predicted octanol–water partition coefficient (Wildman–Crippen LogP) is 5.65. The van der Waals surface area contributed by atoms with Gasteiger partial charge in [-0.15, -0.1) is 0 Å². The number of ether oxygens (including phenoxy) is 1. The number of fused-ring (bicyclic) bond motifs is 1. The molecule has 7 heteroatoms. The summed E-state index contributed by atoms with van der Waals surface area (Å²) in [5, 5.41) is 23.6. The van der Waals surface area contributed by atoms with Gasteiger partial charge in [0, 0.05) is 11.1 Å². The summed E-state index contributed by atoms with van der Waals surface area (Å²) >= 11 is 0. The summed E-state index contributed by atoms with van der Waals surface area (Å²) < 4.78 is 34.1. The lowest BCUT2D eigenvalue weighted by molar-refractivity contribution is 0.375. The van der Waals surface area contributed by atoms with Crippen molar-refractivity contribution >= 4 is 26.5 Å². The molecule has 0 heterocycles. The molecule has 6 nitrogen and oxygen atoms in total. The van der Waals surface area contributed by atoms with E-state index in [-0.39, 0.29) is 22.1 Å². The first-order valence-corrected chi connectivity index (χ1v) is 11.8. The van der Waals surface area contributed by atoms with Gasteiger partial charge in [0.1, 0.15) is 5.75 Å². The fraction of sp³-hybridized carbons (Fsp3) is 0.154. The van der Waals surface area contributed by atoms with Gasteiger partial charge in [-0.2, -0.15) is 0 Å². The van der Waals surface area contributed by atoms with E-state index in [9.17, 15) is 18.6 Å². The van der Waals surface area contributed by atoms with E-state index in [1.807, 2.05) is 31.2 Å². The first-order chi connectivity index (χ1) is 15.6. The Morgan fingerprint density at radius 1 is 0.848 bits per heavy atom. The van der Waals surface area contributed by atoms with Crippen LogP contribution in [0.25, 0.3) is 21.9 Å². The van der Waals surface area contributed by atoms with E-state index >= 15 is 0 Å². The van der Waals surface area contributed by atoms with Gasteiger partial charge in [0.15, 0.2) is 11.5 Å². The van der Waals surface area contributed by atoms with Crippen LogP contribution in [-0.2, 0) is 10.0 Å². The molecule has 4 aromatic carbocycles. The summed E-state index contributed by atoms with van der Waals surface area (Å²) in [6, 6.07) is 17.3. The van der Waals surface area contributed by atoms with Crippen LogP contribution in [0, 0.1) is 20.8 Å². The topological polar surface area (TPSA) is 95.9 Å². The van der Waals surface area contributed by atoms with E-state index in [4.69, 9.17) is 4.74 Å². The second kappa shape index (κ2) is 8.33. The number of phenols is 2. The van der Waals surface area contributed by atoms with Crippen molar-refractivity contribution in [1.82, 2.24) is 0 Å². The molecule has 4 rings (SSSR count). The number of hydrogen-bond donors (Lipinski definition) is 3. The zero-order valence-electron chi connectivity index (χ0n) is 18.8. The van der Waals surface area contributed by atoms with Crippen molar-refractivity contribution in [3.8, 4) is 28.4 Å². The molecule has 0 aliphatic carbocycles. The quantitative estimate of drug-likeness (QED) is 0.332. The first-order valence-electron chi connectivity index (χ1n) is 10.4. The smallest absolute Gasteiger partial charge is 0.261 e. The Bertz CT molecular complexity index is 1480. The average molecular weight is 464 g/mol. The van der Waals surface area contributed by atoms with Gasteiger partial charge in [0.2, 0.25) is 0 Å². The monoisotopic (exact) mass is 463 g/mol. The van der Waals surface area contributed by atoms with E-state index in [0.717, 1.165) is 10.9 Å². The molecule has 4 aromatic rings. The lowest BCUT2D eigenvalue weighted by atomic mass is 9.90. The van der Waals surface area contributed by atoms with Gasteiger partial charge >= 0.3 is 0 Å². The highest BCUT2D eigenvalue weighted by molar-refractivity contribution is 7.92. The lowest BCUT2D eigenvalue weighted by Gasteiger charge is -2.20. The standard InChI is InChI=1S/C26H25NO5S/c1-15-9-11-19(12-10-15)33(30,31)27-21-13-16(2)25(28)23(17(21)3)24-20-8-6-5-7-18(20)14-22(32-4)26(24)29/h5-14,27-29H,1-4H3. The van der Waals surface area contributed by atoms with E-state index in [1.54, 1.807) is 50.2 Å². The first kappa shape index (κ1) is 22.5. The minimum Gasteiger partial charge on any atom is -0.507 e. The molecule has 0 unspecified atom stereocenters. The average Bonchev–Trinajstić information content (AvgIpc) is 2.78. The molecule has 33 heavy (non-hydrogen) atoms. The molecule has 170 valence electrons. The third-order valence-electron chi connectivity index (χ3n) is 5.78. The summed E-state index contributed by atoms with van der Waals surface area (Å²) in [4.78, 5) is 0.134. The van der Waals surface area contributed by atoms with Crippen molar-refractivity contribution in [2.24, 2.45) is 0 Å².